The lowest BCUT2D eigenvalue weighted by atomic mass is 9.69. The van der Waals surface area contributed by atoms with Crippen molar-refractivity contribution in [2.75, 3.05) is 44.7 Å². The average Bonchev–Trinajstić information content (AvgIpc) is 2.93. The summed E-state index contributed by atoms with van der Waals surface area (Å²) < 4.78 is 11.5. The molecular weight excluding hydrogens is 480 g/mol. The number of nitrogens with zero attached hydrogens (tertiary/aromatic N) is 1. The Kier molecular flexibility index (Phi) is 8.97. The first-order chi connectivity index (χ1) is 18.5. The van der Waals surface area contributed by atoms with Gasteiger partial charge in [0.15, 0.2) is 6.23 Å². The number of aliphatic hydroxyl groups excluding tert-OH is 1. The molecule has 2 aromatic rings. The van der Waals surface area contributed by atoms with Gasteiger partial charge in [-0.1, -0.05) is 49.4 Å². The molecular formula is C30H42N4O4. The monoisotopic (exact) mass is 522 g/mol. The average molecular weight is 523 g/mol. The highest BCUT2D eigenvalue weighted by molar-refractivity contribution is 5.78. The summed E-state index contributed by atoms with van der Waals surface area (Å²) in [6, 6.07) is 16.6. The zero-order chi connectivity index (χ0) is 26.4. The van der Waals surface area contributed by atoms with E-state index in [0.29, 0.717) is 26.4 Å². The number of hydrogen-bond donors (Lipinski definition) is 4. The van der Waals surface area contributed by atoms with Crippen molar-refractivity contribution in [2.24, 2.45) is 0 Å². The fourth-order valence-corrected chi connectivity index (χ4v) is 5.73. The molecule has 5 rings (SSSR count). The summed E-state index contributed by atoms with van der Waals surface area (Å²) >= 11 is 0. The molecule has 1 saturated heterocycles. The smallest absolute Gasteiger partial charge is 0.236 e. The van der Waals surface area contributed by atoms with Crippen LogP contribution in [0.25, 0.3) is 0 Å². The number of amides is 1. The fourth-order valence-electron chi connectivity index (χ4n) is 5.73. The van der Waals surface area contributed by atoms with Crippen LogP contribution >= 0.6 is 0 Å². The van der Waals surface area contributed by atoms with E-state index in [0.717, 1.165) is 31.5 Å². The largest absolute Gasteiger partial charge is 0.387 e. The minimum Gasteiger partial charge on any atom is -0.387 e. The molecule has 38 heavy (non-hydrogen) atoms. The minimum atomic E-state index is -0.905. The summed E-state index contributed by atoms with van der Waals surface area (Å²) in [4.78, 5) is 15.0. The van der Waals surface area contributed by atoms with Crippen LogP contribution in [0.4, 0.5) is 5.69 Å². The van der Waals surface area contributed by atoms with Crippen molar-refractivity contribution in [1.82, 2.24) is 15.5 Å². The summed E-state index contributed by atoms with van der Waals surface area (Å²) in [6.07, 6.45) is 3.83. The summed E-state index contributed by atoms with van der Waals surface area (Å²) in [7, 11) is 0. The highest BCUT2D eigenvalue weighted by Gasteiger charge is 2.43. The van der Waals surface area contributed by atoms with Crippen LogP contribution in [0.3, 0.4) is 0 Å². The second-order valence-corrected chi connectivity index (χ2v) is 10.9. The number of carbonyl (C=O) groups excluding carboxylic acids is 1. The Hall–Kier alpha value is -2.49. The van der Waals surface area contributed by atoms with Gasteiger partial charge in [-0.2, -0.15) is 0 Å². The van der Waals surface area contributed by atoms with Crippen LogP contribution in [0.1, 0.15) is 55.3 Å². The van der Waals surface area contributed by atoms with Gasteiger partial charge >= 0.3 is 0 Å². The fraction of sp³-hybridized carbons (Fsp3) is 0.567. The predicted molar refractivity (Wildman–Crippen MR) is 148 cm³/mol. The molecule has 1 saturated carbocycles. The number of anilines is 1. The van der Waals surface area contributed by atoms with Crippen molar-refractivity contribution in [3.8, 4) is 0 Å². The Labute approximate surface area is 226 Å². The summed E-state index contributed by atoms with van der Waals surface area (Å²) in [6.45, 7) is 5.77. The first-order valence-corrected chi connectivity index (χ1v) is 14.1. The molecule has 0 unspecified atom stereocenters. The molecule has 2 aliphatic heterocycles. The van der Waals surface area contributed by atoms with Crippen molar-refractivity contribution in [3.63, 3.8) is 0 Å². The van der Waals surface area contributed by atoms with E-state index in [4.69, 9.17) is 9.47 Å². The second-order valence-electron chi connectivity index (χ2n) is 10.9. The van der Waals surface area contributed by atoms with Gasteiger partial charge in [0.05, 0.1) is 26.4 Å². The van der Waals surface area contributed by atoms with Crippen molar-refractivity contribution in [2.45, 2.75) is 69.5 Å². The maximum atomic E-state index is 12.9. The Balaban J connectivity index is 1.25. The SMILES string of the molecule is CCc1ccc2c(c1)[C@@H](NC[C@@H](O)[C@@H](NC(=O)CN1CCOCC1)OCc1ccccc1)CC1(CCC1)N2. The highest BCUT2D eigenvalue weighted by atomic mass is 16.5. The van der Waals surface area contributed by atoms with Crippen LogP contribution < -0.4 is 16.0 Å². The van der Waals surface area contributed by atoms with Gasteiger partial charge in [-0.15, -0.1) is 0 Å². The van der Waals surface area contributed by atoms with Gasteiger partial charge in [0.25, 0.3) is 0 Å². The Morgan fingerprint density at radius 1 is 1.18 bits per heavy atom. The van der Waals surface area contributed by atoms with Gasteiger partial charge in [0.1, 0.15) is 6.10 Å². The molecule has 4 N–H and O–H groups in total. The third kappa shape index (κ3) is 6.74. The van der Waals surface area contributed by atoms with Gasteiger partial charge in [-0.3, -0.25) is 9.69 Å². The quantitative estimate of drug-likeness (QED) is 0.337. The number of aliphatic hydroxyl groups is 1. The number of fused-ring (bicyclic) bond motifs is 1. The lowest BCUT2D eigenvalue weighted by Gasteiger charge is -2.50. The zero-order valence-corrected chi connectivity index (χ0v) is 22.5. The number of aryl methyl sites for hydroxylation is 1. The number of nitrogens with one attached hydrogen (secondary N) is 3. The van der Waals surface area contributed by atoms with Crippen molar-refractivity contribution >= 4 is 11.6 Å². The molecule has 2 heterocycles. The van der Waals surface area contributed by atoms with E-state index in [1.165, 1.54) is 36.1 Å². The highest BCUT2D eigenvalue weighted by Crippen LogP contribution is 2.47. The lowest BCUT2D eigenvalue weighted by molar-refractivity contribution is -0.133. The van der Waals surface area contributed by atoms with Crippen LogP contribution in [0.2, 0.25) is 0 Å². The Bertz CT molecular complexity index is 1060. The van der Waals surface area contributed by atoms with Crippen molar-refractivity contribution < 1.29 is 19.4 Å². The lowest BCUT2D eigenvalue weighted by Crippen LogP contribution is -2.54. The molecule has 1 amide bonds. The maximum Gasteiger partial charge on any atom is 0.236 e. The van der Waals surface area contributed by atoms with E-state index in [9.17, 15) is 9.90 Å². The molecule has 0 bridgehead atoms. The molecule has 2 fully saturated rings. The minimum absolute atomic E-state index is 0.131. The Morgan fingerprint density at radius 2 is 1.97 bits per heavy atom. The molecule has 1 spiro atoms. The van der Waals surface area contributed by atoms with Crippen LogP contribution in [0.5, 0.6) is 0 Å². The molecule has 3 atom stereocenters. The second kappa shape index (κ2) is 12.6. The third-order valence-corrected chi connectivity index (χ3v) is 8.17. The van der Waals surface area contributed by atoms with Crippen LogP contribution in [0.15, 0.2) is 48.5 Å². The molecule has 0 radical (unpaired) electrons. The normalized spacial score (nSPS) is 22.1. The molecule has 2 aromatic carbocycles. The topological polar surface area (TPSA) is 95.1 Å². The van der Waals surface area contributed by atoms with E-state index < -0.39 is 12.3 Å². The number of morpholine rings is 1. The number of benzene rings is 2. The number of rotatable bonds is 11. The number of hydrogen-bond acceptors (Lipinski definition) is 7. The van der Waals surface area contributed by atoms with Gasteiger partial charge < -0.3 is 30.5 Å². The molecule has 8 nitrogen and oxygen atoms in total. The summed E-state index contributed by atoms with van der Waals surface area (Å²) in [5.41, 5.74) is 4.88. The van der Waals surface area contributed by atoms with Crippen molar-refractivity contribution in [1.29, 1.82) is 0 Å². The zero-order valence-electron chi connectivity index (χ0n) is 22.5. The van der Waals surface area contributed by atoms with Crippen LogP contribution in [-0.4, -0.2) is 73.2 Å². The van der Waals surface area contributed by atoms with E-state index in [2.05, 4.69) is 46.0 Å². The van der Waals surface area contributed by atoms with E-state index in [1.54, 1.807) is 0 Å². The standard InChI is InChI=1S/C30H42N4O4/c1-2-22-9-10-25-24(17-22)26(18-30(33-25)11-6-12-30)31-19-27(35)29(38-21-23-7-4-3-5-8-23)32-28(36)20-34-13-15-37-16-14-34/h3-5,7-10,17,26-27,29,31,33,35H,2,6,11-16,18-21H2,1H3,(H,32,36)/t26-,27+,29-/m0/s1. The molecule has 3 aliphatic rings. The van der Waals surface area contributed by atoms with Gasteiger partial charge in [0.2, 0.25) is 5.91 Å². The molecule has 206 valence electrons. The summed E-state index contributed by atoms with van der Waals surface area (Å²) in [5, 5.41) is 21.7. The molecule has 1 aliphatic carbocycles. The van der Waals surface area contributed by atoms with Gasteiger partial charge in [0, 0.05) is 36.9 Å². The number of ether oxygens (including phenoxy) is 2. The van der Waals surface area contributed by atoms with Gasteiger partial charge in [-0.05, 0) is 54.9 Å². The van der Waals surface area contributed by atoms with Crippen LogP contribution in [-0.2, 0) is 27.3 Å². The van der Waals surface area contributed by atoms with Gasteiger partial charge in [-0.25, -0.2) is 0 Å². The maximum absolute atomic E-state index is 12.9. The summed E-state index contributed by atoms with van der Waals surface area (Å²) in [5.74, 6) is -0.155. The first-order valence-electron chi connectivity index (χ1n) is 14.1. The molecule has 8 heteroatoms. The number of carbonyl (C=O) groups is 1. The molecule has 0 aromatic heterocycles. The van der Waals surface area contributed by atoms with E-state index in [-0.39, 0.29) is 24.0 Å². The van der Waals surface area contributed by atoms with Crippen LogP contribution in [0, 0.1) is 0 Å². The van der Waals surface area contributed by atoms with E-state index >= 15 is 0 Å². The van der Waals surface area contributed by atoms with Crippen molar-refractivity contribution in [3.05, 3.63) is 65.2 Å². The predicted octanol–water partition coefficient (Wildman–Crippen LogP) is 2.97. The Morgan fingerprint density at radius 3 is 2.68 bits per heavy atom. The third-order valence-electron chi connectivity index (χ3n) is 8.17. The first kappa shape index (κ1) is 27.1. The van der Waals surface area contributed by atoms with E-state index in [1.807, 2.05) is 30.3 Å².